The molecular formula is C18H19FN6O2. The molecule has 8 nitrogen and oxygen atoms in total. The van der Waals surface area contributed by atoms with Crippen molar-refractivity contribution in [2.24, 2.45) is 0 Å². The molecule has 0 radical (unpaired) electrons. The molecule has 4 N–H and O–H groups in total. The van der Waals surface area contributed by atoms with E-state index in [2.05, 4.69) is 20.6 Å². The SMILES string of the molecule is Cc1cc(Nc2cc(N)ncn2)c(=O)n2c1C(=O)NC21C=C(CCF)CC1. The van der Waals surface area contributed by atoms with Gasteiger partial charge in [0.25, 0.3) is 11.5 Å². The number of nitrogens with zero attached hydrogens (tertiary/aromatic N) is 3. The van der Waals surface area contributed by atoms with Crippen LogP contribution >= 0.6 is 0 Å². The van der Waals surface area contributed by atoms with Gasteiger partial charge in [-0.15, -0.1) is 0 Å². The van der Waals surface area contributed by atoms with Crippen molar-refractivity contribution >= 4 is 23.2 Å². The molecule has 1 aliphatic carbocycles. The zero-order chi connectivity index (χ0) is 19.2. The van der Waals surface area contributed by atoms with Gasteiger partial charge < -0.3 is 16.4 Å². The number of allylic oxidation sites excluding steroid dienone is 1. The van der Waals surface area contributed by atoms with E-state index in [4.69, 9.17) is 5.73 Å². The zero-order valence-electron chi connectivity index (χ0n) is 14.8. The molecule has 2 aliphatic rings. The Morgan fingerprint density at radius 1 is 1.37 bits per heavy atom. The Hall–Kier alpha value is -3.23. The summed E-state index contributed by atoms with van der Waals surface area (Å²) in [6.07, 6.45) is 4.57. The first-order chi connectivity index (χ1) is 12.9. The van der Waals surface area contributed by atoms with Crippen molar-refractivity contribution in [3.63, 3.8) is 0 Å². The highest BCUT2D eigenvalue weighted by atomic mass is 19.1. The van der Waals surface area contributed by atoms with Crippen LogP contribution in [0.15, 0.2) is 34.9 Å². The summed E-state index contributed by atoms with van der Waals surface area (Å²) in [6, 6.07) is 3.13. The summed E-state index contributed by atoms with van der Waals surface area (Å²) < 4.78 is 14.2. The normalized spacial score (nSPS) is 20.5. The van der Waals surface area contributed by atoms with Crippen LogP contribution in [0.5, 0.6) is 0 Å². The minimum absolute atomic E-state index is 0.272. The molecule has 0 saturated carbocycles. The van der Waals surface area contributed by atoms with Crippen molar-refractivity contribution in [3.8, 4) is 0 Å². The van der Waals surface area contributed by atoms with Crippen LogP contribution in [0.25, 0.3) is 0 Å². The van der Waals surface area contributed by atoms with Crippen LogP contribution in [0.2, 0.25) is 0 Å². The maximum absolute atomic E-state index is 13.2. The predicted octanol–water partition coefficient (Wildman–Crippen LogP) is 1.75. The number of halogens is 1. The zero-order valence-corrected chi connectivity index (χ0v) is 14.8. The Bertz CT molecular complexity index is 1030. The number of carbonyl (C=O) groups excluding carboxylic acids is 1. The van der Waals surface area contributed by atoms with Gasteiger partial charge in [-0.2, -0.15) is 0 Å². The molecule has 27 heavy (non-hydrogen) atoms. The number of hydrogen-bond acceptors (Lipinski definition) is 6. The van der Waals surface area contributed by atoms with Crippen LogP contribution in [0, 0.1) is 6.92 Å². The highest BCUT2D eigenvalue weighted by molar-refractivity contribution is 5.97. The summed E-state index contributed by atoms with van der Waals surface area (Å²) >= 11 is 0. The first kappa shape index (κ1) is 17.2. The number of nitrogens with one attached hydrogen (secondary N) is 2. The average molecular weight is 370 g/mol. The molecule has 4 rings (SSSR count). The van der Waals surface area contributed by atoms with Crippen molar-refractivity contribution in [2.45, 2.75) is 31.8 Å². The summed E-state index contributed by atoms with van der Waals surface area (Å²) in [5.41, 5.74) is 6.51. The van der Waals surface area contributed by atoms with Gasteiger partial charge in [0.15, 0.2) is 0 Å². The van der Waals surface area contributed by atoms with E-state index in [1.165, 1.54) is 17.0 Å². The highest BCUT2D eigenvalue weighted by Crippen LogP contribution is 2.38. The Balaban J connectivity index is 1.83. The Morgan fingerprint density at radius 3 is 2.93 bits per heavy atom. The predicted molar refractivity (Wildman–Crippen MR) is 98.5 cm³/mol. The number of alkyl halides is 1. The van der Waals surface area contributed by atoms with E-state index in [-0.39, 0.29) is 23.0 Å². The van der Waals surface area contributed by atoms with E-state index < -0.39 is 12.3 Å². The number of carbonyl (C=O) groups is 1. The lowest BCUT2D eigenvalue weighted by molar-refractivity contribution is 0.0937. The van der Waals surface area contributed by atoms with E-state index in [1.54, 1.807) is 13.0 Å². The lowest BCUT2D eigenvalue weighted by Gasteiger charge is -2.25. The summed E-state index contributed by atoms with van der Waals surface area (Å²) in [7, 11) is 0. The van der Waals surface area contributed by atoms with Crippen LogP contribution in [-0.4, -0.2) is 27.1 Å². The van der Waals surface area contributed by atoms with Crippen molar-refractivity contribution in [1.29, 1.82) is 0 Å². The number of rotatable bonds is 4. The third-order valence-electron chi connectivity index (χ3n) is 4.97. The summed E-state index contributed by atoms with van der Waals surface area (Å²) in [5.74, 6) is 0.347. The van der Waals surface area contributed by atoms with Crippen molar-refractivity contribution < 1.29 is 9.18 Å². The van der Waals surface area contributed by atoms with Gasteiger partial charge >= 0.3 is 0 Å². The first-order valence-corrected chi connectivity index (χ1v) is 8.64. The average Bonchev–Trinajstić information content (AvgIpc) is 3.14. The van der Waals surface area contributed by atoms with Crippen LogP contribution in [0.3, 0.4) is 0 Å². The van der Waals surface area contributed by atoms with Crippen molar-refractivity contribution in [2.75, 3.05) is 17.7 Å². The number of fused-ring (bicyclic) bond motifs is 2. The second-order valence-electron chi connectivity index (χ2n) is 6.80. The maximum atomic E-state index is 13.2. The van der Waals surface area contributed by atoms with Gasteiger partial charge in [0.05, 0.1) is 6.67 Å². The first-order valence-electron chi connectivity index (χ1n) is 8.64. The van der Waals surface area contributed by atoms with E-state index in [0.29, 0.717) is 36.3 Å². The molecule has 0 saturated heterocycles. The smallest absolute Gasteiger partial charge is 0.277 e. The molecule has 1 unspecified atom stereocenters. The van der Waals surface area contributed by atoms with Crippen LogP contribution in [0.4, 0.5) is 21.7 Å². The lowest BCUT2D eigenvalue weighted by atomic mass is 10.1. The number of aryl methyl sites for hydroxylation is 1. The Labute approximate surface area is 154 Å². The molecule has 2 aromatic heterocycles. The largest absolute Gasteiger partial charge is 0.384 e. The highest BCUT2D eigenvalue weighted by Gasteiger charge is 2.45. The van der Waals surface area contributed by atoms with Gasteiger partial charge in [0.2, 0.25) is 0 Å². The van der Waals surface area contributed by atoms with Crippen LogP contribution in [0.1, 0.15) is 35.3 Å². The third-order valence-corrected chi connectivity index (χ3v) is 4.97. The molecular weight excluding hydrogens is 351 g/mol. The van der Waals surface area contributed by atoms with Gasteiger partial charge in [0, 0.05) is 6.07 Å². The summed E-state index contributed by atoms with van der Waals surface area (Å²) in [5, 5.41) is 5.87. The third kappa shape index (κ3) is 2.75. The van der Waals surface area contributed by atoms with Crippen molar-refractivity contribution in [3.05, 3.63) is 51.7 Å². The van der Waals surface area contributed by atoms with E-state index in [1.807, 2.05) is 6.08 Å². The lowest BCUT2D eigenvalue weighted by Crippen LogP contribution is -2.44. The molecule has 3 heterocycles. The number of hydrogen-bond donors (Lipinski definition) is 3. The van der Waals surface area contributed by atoms with Gasteiger partial charge in [-0.1, -0.05) is 5.57 Å². The van der Waals surface area contributed by atoms with Gasteiger partial charge in [0.1, 0.15) is 35.0 Å². The van der Waals surface area contributed by atoms with Gasteiger partial charge in [-0.3, -0.25) is 18.5 Å². The fourth-order valence-corrected chi connectivity index (χ4v) is 3.81. The Morgan fingerprint density at radius 2 is 2.19 bits per heavy atom. The number of nitrogens with two attached hydrogens (primary N) is 1. The van der Waals surface area contributed by atoms with Crippen molar-refractivity contribution in [1.82, 2.24) is 19.9 Å². The molecule has 2 aromatic rings. The molecule has 0 fully saturated rings. The second-order valence-corrected chi connectivity index (χ2v) is 6.80. The molecule has 1 amide bonds. The number of aromatic nitrogens is 3. The second kappa shape index (κ2) is 6.19. The quantitative estimate of drug-likeness (QED) is 0.707. The molecule has 1 aliphatic heterocycles. The molecule has 0 aromatic carbocycles. The molecule has 1 atom stereocenters. The number of nitrogen functional groups attached to an aromatic ring is 1. The Kier molecular flexibility index (Phi) is 3.94. The molecule has 9 heteroatoms. The summed E-state index contributed by atoms with van der Waals surface area (Å²) in [6.45, 7) is 1.30. The molecule has 1 spiro atoms. The molecule has 0 bridgehead atoms. The van der Waals surface area contributed by atoms with Crippen LogP contribution < -0.4 is 21.9 Å². The fraction of sp³-hybridized carbons (Fsp3) is 0.333. The molecule has 140 valence electrons. The van der Waals surface area contributed by atoms with E-state index >= 15 is 0 Å². The van der Waals surface area contributed by atoms with Crippen LogP contribution in [-0.2, 0) is 5.66 Å². The topological polar surface area (TPSA) is 115 Å². The monoisotopic (exact) mass is 370 g/mol. The minimum atomic E-state index is -0.943. The number of pyridine rings is 1. The standard InChI is InChI=1S/C18H19FN6O2/c1-10-6-12(23-14-7-13(20)21-9-22-14)17(27)25-15(10)16(26)24-18(25)4-2-11(8-18)3-5-19/h6-9H,2-5H2,1H3,(H,24,26)(H3,20,21,22,23). The van der Waals surface area contributed by atoms with Gasteiger partial charge in [-0.25, -0.2) is 9.97 Å². The maximum Gasteiger partial charge on any atom is 0.277 e. The summed E-state index contributed by atoms with van der Waals surface area (Å²) in [4.78, 5) is 33.6. The number of amides is 1. The van der Waals surface area contributed by atoms with E-state index in [9.17, 15) is 14.0 Å². The number of anilines is 3. The van der Waals surface area contributed by atoms with E-state index in [0.717, 1.165) is 5.57 Å². The van der Waals surface area contributed by atoms with Gasteiger partial charge in [-0.05, 0) is 43.9 Å². The fourth-order valence-electron chi connectivity index (χ4n) is 3.81. The minimum Gasteiger partial charge on any atom is -0.384 e.